The Bertz CT molecular complexity index is 969. The molecule has 0 radical (unpaired) electrons. The van der Waals surface area contributed by atoms with Crippen LogP contribution < -0.4 is 25.9 Å². The number of nitrogens with one attached hydrogen (secondary N) is 2. The van der Waals surface area contributed by atoms with Crippen molar-refractivity contribution >= 4 is 40.3 Å². The zero-order valence-corrected chi connectivity index (χ0v) is 14.9. The number of para-hydroxylation sites is 2. The van der Waals surface area contributed by atoms with Crippen molar-refractivity contribution in [3.05, 3.63) is 52.7 Å². The SMILES string of the molecule is NCCCOc1ccc(Cl)c(NC(=O)Nc2nc3ccccc3[n+]([O-])n2)c1. The molecule has 1 heterocycles. The molecule has 4 N–H and O–H groups in total. The number of hydrogen-bond acceptors (Lipinski definition) is 6. The van der Waals surface area contributed by atoms with Gasteiger partial charge in [0.25, 0.3) is 11.5 Å². The molecule has 3 aromatic rings. The summed E-state index contributed by atoms with van der Waals surface area (Å²) < 4.78 is 5.53. The number of carbonyl (C=O) groups is 1. The van der Waals surface area contributed by atoms with E-state index in [-0.39, 0.29) is 5.95 Å². The van der Waals surface area contributed by atoms with Gasteiger partial charge in [-0.2, -0.15) is 0 Å². The number of nitrogens with zero attached hydrogens (tertiary/aromatic N) is 3. The molecule has 0 aliphatic heterocycles. The van der Waals surface area contributed by atoms with Crippen LogP contribution in [0.4, 0.5) is 16.4 Å². The number of ether oxygens (including phenoxy) is 1. The molecule has 10 heteroatoms. The van der Waals surface area contributed by atoms with Crippen LogP contribution in [0.25, 0.3) is 11.0 Å². The minimum atomic E-state index is -0.647. The summed E-state index contributed by atoms with van der Waals surface area (Å²) in [5, 5.41) is 20.9. The van der Waals surface area contributed by atoms with Gasteiger partial charge in [0, 0.05) is 12.1 Å². The number of rotatable bonds is 6. The predicted octanol–water partition coefficient (Wildman–Crippen LogP) is 2.29. The molecule has 0 aliphatic rings. The van der Waals surface area contributed by atoms with Gasteiger partial charge in [-0.3, -0.25) is 5.32 Å². The van der Waals surface area contributed by atoms with E-state index in [2.05, 4.69) is 20.7 Å². The van der Waals surface area contributed by atoms with Crippen molar-refractivity contribution in [2.24, 2.45) is 5.73 Å². The molecule has 0 bridgehead atoms. The monoisotopic (exact) mass is 388 g/mol. The molecule has 0 aliphatic carbocycles. The first-order chi connectivity index (χ1) is 13.1. The van der Waals surface area contributed by atoms with Gasteiger partial charge in [0.05, 0.1) is 22.4 Å². The fourth-order valence-electron chi connectivity index (χ4n) is 2.27. The Kier molecular flexibility index (Phi) is 5.84. The van der Waals surface area contributed by atoms with Crippen molar-refractivity contribution in [3.63, 3.8) is 0 Å². The molecule has 0 unspecified atom stereocenters. The summed E-state index contributed by atoms with van der Waals surface area (Å²) >= 11 is 6.10. The van der Waals surface area contributed by atoms with Gasteiger partial charge < -0.3 is 21.0 Å². The lowest BCUT2D eigenvalue weighted by molar-refractivity contribution is -0.641. The summed E-state index contributed by atoms with van der Waals surface area (Å²) in [6, 6.07) is 10.9. The van der Waals surface area contributed by atoms with Crippen LogP contribution in [0.5, 0.6) is 5.75 Å². The van der Waals surface area contributed by atoms with E-state index in [1.807, 2.05) is 0 Å². The van der Waals surface area contributed by atoms with Crippen molar-refractivity contribution in [1.82, 2.24) is 10.1 Å². The fraction of sp³-hybridized carbons (Fsp3) is 0.176. The summed E-state index contributed by atoms with van der Waals surface area (Å²) in [7, 11) is 0. The normalized spacial score (nSPS) is 10.6. The quantitative estimate of drug-likeness (QED) is 0.337. The van der Waals surface area contributed by atoms with Gasteiger partial charge in [-0.15, -0.1) is 0 Å². The number of benzene rings is 2. The first-order valence-electron chi connectivity index (χ1n) is 8.14. The highest BCUT2D eigenvalue weighted by molar-refractivity contribution is 6.33. The maximum atomic E-state index is 12.2. The number of nitrogens with two attached hydrogens (primary N) is 1. The first-order valence-corrected chi connectivity index (χ1v) is 8.51. The van der Waals surface area contributed by atoms with Crippen LogP contribution in [0.1, 0.15) is 6.42 Å². The van der Waals surface area contributed by atoms with Crippen molar-refractivity contribution in [1.29, 1.82) is 0 Å². The molecule has 0 atom stereocenters. The minimum absolute atomic E-state index is 0.132. The second-order valence-electron chi connectivity index (χ2n) is 5.51. The second kappa shape index (κ2) is 8.47. The maximum absolute atomic E-state index is 12.2. The van der Waals surface area contributed by atoms with E-state index in [1.54, 1.807) is 42.5 Å². The first kappa shape index (κ1) is 18.6. The zero-order chi connectivity index (χ0) is 19.2. The highest BCUT2D eigenvalue weighted by atomic mass is 35.5. The fourth-order valence-corrected chi connectivity index (χ4v) is 2.43. The van der Waals surface area contributed by atoms with Crippen LogP contribution in [-0.4, -0.2) is 29.3 Å². The van der Waals surface area contributed by atoms with Crippen LogP contribution >= 0.6 is 11.6 Å². The smallest absolute Gasteiger partial charge is 0.326 e. The molecule has 2 amide bonds. The summed E-state index contributed by atoms with van der Waals surface area (Å²) in [6.45, 7) is 0.977. The molecule has 3 rings (SSSR count). The van der Waals surface area contributed by atoms with E-state index in [1.165, 1.54) is 0 Å². The van der Waals surface area contributed by atoms with Gasteiger partial charge in [0.1, 0.15) is 11.3 Å². The Hall–Kier alpha value is -3.17. The van der Waals surface area contributed by atoms with E-state index >= 15 is 0 Å². The number of hydrogen-bond donors (Lipinski definition) is 3. The molecule has 27 heavy (non-hydrogen) atoms. The van der Waals surface area contributed by atoms with Crippen molar-refractivity contribution in [2.45, 2.75) is 6.42 Å². The lowest BCUT2D eigenvalue weighted by atomic mass is 10.3. The third-order valence-corrected chi connectivity index (χ3v) is 3.86. The van der Waals surface area contributed by atoms with Gasteiger partial charge in [0.2, 0.25) is 0 Å². The molecule has 9 nitrogen and oxygen atoms in total. The molecular formula is C17H17ClN6O3. The standard InChI is InChI=1S/C17H17ClN6O3/c18-12-7-6-11(27-9-3-8-19)10-14(12)21-17(25)22-16-20-13-4-1-2-5-15(13)24(26)23-16/h1-2,4-7,10H,3,8-9,19H2,(H2,20,21,22,23,25). The lowest BCUT2D eigenvalue weighted by Gasteiger charge is -2.11. The maximum Gasteiger partial charge on any atom is 0.326 e. The topological polar surface area (TPSA) is 129 Å². The average Bonchev–Trinajstić information content (AvgIpc) is 2.64. The van der Waals surface area contributed by atoms with Gasteiger partial charge >= 0.3 is 6.03 Å². The van der Waals surface area contributed by atoms with E-state index in [4.69, 9.17) is 22.1 Å². The zero-order valence-electron chi connectivity index (χ0n) is 14.2. The summed E-state index contributed by atoms with van der Waals surface area (Å²) in [5.41, 5.74) is 6.48. The lowest BCUT2D eigenvalue weighted by Crippen LogP contribution is -2.34. The highest BCUT2D eigenvalue weighted by Crippen LogP contribution is 2.27. The molecular weight excluding hydrogens is 372 g/mol. The number of halogens is 1. The van der Waals surface area contributed by atoms with Gasteiger partial charge in [0.15, 0.2) is 0 Å². The number of carbonyl (C=O) groups excluding carboxylic acids is 1. The Morgan fingerprint density at radius 1 is 1.26 bits per heavy atom. The Morgan fingerprint density at radius 3 is 2.89 bits per heavy atom. The van der Waals surface area contributed by atoms with Crippen LogP contribution in [-0.2, 0) is 0 Å². The average molecular weight is 389 g/mol. The number of amides is 2. The van der Waals surface area contributed by atoms with E-state index in [0.29, 0.717) is 51.9 Å². The second-order valence-corrected chi connectivity index (χ2v) is 5.92. The Balaban J connectivity index is 1.71. The molecule has 2 aromatic carbocycles. The summed E-state index contributed by atoms with van der Waals surface area (Å²) in [4.78, 5) is 16.8. The Morgan fingerprint density at radius 2 is 2.07 bits per heavy atom. The van der Waals surface area contributed by atoms with Crippen LogP contribution in [0.15, 0.2) is 42.5 Å². The Labute approximate surface area is 159 Å². The molecule has 0 saturated carbocycles. The van der Waals surface area contributed by atoms with Gasteiger partial charge in [-0.05, 0) is 36.0 Å². The third-order valence-electron chi connectivity index (χ3n) is 3.53. The number of anilines is 2. The molecule has 140 valence electrons. The summed E-state index contributed by atoms with van der Waals surface area (Å²) in [5.74, 6) is 0.412. The number of urea groups is 1. The number of aromatic nitrogens is 3. The van der Waals surface area contributed by atoms with Gasteiger partial charge in [-0.1, -0.05) is 23.7 Å². The molecule has 0 saturated heterocycles. The molecule has 1 aromatic heterocycles. The van der Waals surface area contributed by atoms with Crippen LogP contribution in [0.3, 0.4) is 0 Å². The van der Waals surface area contributed by atoms with Crippen molar-refractivity contribution in [2.75, 3.05) is 23.8 Å². The predicted molar refractivity (Wildman–Crippen MR) is 102 cm³/mol. The van der Waals surface area contributed by atoms with Crippen LogP contribution in [0, 0.1) is 5.21 Å². The largest absolute Gasteiger partial charge is 0.594 e. The highest BCUT2D eigenvalue weighted by Gasteiger charge is 2.14. The number of fused-ring (bicyclic) bond motifs is 1. The molecule has 0 spiro atoms. The minimum Gasteiger partial charge on any atom is -0.594 e. The van der Waals surface area contributed by atoms with Crippen molar-refractivity contribution < 1.29 is 14.4 Å². The molecule has 0 fully saturated rings. The third kappa shape index (κ3) is 4.72. The van der Waals surface area contributed by atoms with Crippen LogP contribution in [0.2, 0.25) is 5.02 Å². The summed E-state index contributed by atoms with van der Waals surface area (Å²) in [6.07, 6.45) is 0.709. The van der Waals surface area contributed by atoms with E-state index in [0.717, 1.165) is 0 Å². The van der Waals surface area contributed by atoms with Crippen molar-refractivity contribution in [3.8, 4) is 5.75 Å². The van der Waals surface area contributed by atoms with Gasteiger partial charge in [-0.25, -0.2) is 9.78 Å². The van der Waals surface area contributed by atoms with E-state index < -0.39 is 6.03 Å². The van der Waals surface area contributed by atoms with E-state index in [9.17, 15) is 10.0 Å².